The molecule has 1 aromatic rings. The summed E-state index contributed by atoms with van der Waals surface area (Å²) in [6.07, 6.45) is -2.45. The number of hydrogen-bond donors (Lipinski definition) is 2. The van der Waals surface area contributed by atoms with Crippen molar-refractivity contribution in [2.45, 2.75) is 12.9 Å². The van der Waals surface area contributed by atoms with Gasteiger partial charge in [0.05, 0.1) is 0 Å². The number of Topliss-reactive ketones (excluding diaryl/α,β-unsaturated/α-hetero) is 1. The minimum Gasteiger partial charge on any atom is -0.358 e. The zero-order valence-electron chi connectivity index (χ0n) is 6.90. The molecule has 0 heterocycles. The number of hydrogen-bond acceptors (Lipinski definition) is 3. The summed E-state index contributed by atoms with van der Waals surface area (Å²) < 4.78 is 12.2. The van der Waals surface area contributed by atoms with E-state index in [4.69, 9.17) is 10.8 Å². The van der Waals surface area contributed by atoms with Gasteiger partial charge in [0.25, 0.3) is 6.36 Å². The third kappa shape index (κ3) is 2.34. The van der Waals surface area contributed by atoms with E-state index in [1.165, 1.54) is 12.1 Å². The van der Waals surface area contributed by atoms with Crippen LogP contribution >= 0.6 is 0 Å². The Morgan fingerprint density at radius 1 is 1.62 bits per heavy atom. The fourth-order valence-electron chi connectivity index (χ4n) is 0.989. The van der Waals surface area contributed by atoms with E-state index in [2.05, 4.69) is 0 Å². The van der Waals surface area contributed by atoms with Gasteiger partial charge >= 0.3 is 0 Å². The minimum atomic E-state index is -2.45. The average Bonchev–Trinajstić information content (AvgIpc) is 2.16. The smallest absolute Gasteiger partial charge is 0.260 e. The molecular weight excluding hydrogens is 173 g/mol. The van der Waals surface area contributed by atoms with Crippen LogP contribution in [0.1, 0.15) is 15.9 Å². The van der Waals surface area contributed by atoms with Crippen LogP contribution in [-0.4, -0.2) is 17.2 Å². The quantitative estimate of drug-likeness (QED) is 0.675. The fraction of sp³-hybridized carbons (Fsp3) is 0.222. The molecule has 3 nitrogen and oxygen atoms in total. The maximum atomic E-state index is 12.2. The molecule has 0 saturated carbocycles. The molecule has 0 aromatic heterocycles. The molecule has 0 radical (unpaired) electrons. The van der Waals surface area contributed by atoms with Crippen LogP contribution < -0.4 is 5.73 Å². The highest BCUT2D eigenvalue weighted by molar-refractivity contribution is 5.98. The van der Waals surface area contributed by atoms with Gasteiger partial charge in [0.2, 0.25) is 5.78 Å². The maximum absolute atomic E-state index is 12.2. The van der Waals surface area contributed by atoms with E-state index < -0.39 is 12.1 Å². The number of carbonyl (C=O) groups excluding carboxylic acids is 1. The van der Waals surface area contributed by atoms with Crippen molar-refractivity contribution in [3.8, 4) is 0 Å². The molecule has 0 spiro atoms. The average molecular weight is 183 g/mol. The fourth-order valence-corrected chi connectivity index (χ4v) is 0.989. The third-order valence-electron chi connectivity index (χ3n) is 1.66. The van der Waals surface area contributed by atoms with Crippen LogP contribution in [0.2, 0.25) is 0 Å². The van der Waals surface area contributed by atoms with Crippen molar-refractivity contribution in [2.24, 2.45) is 5.73 Å². The number of benzene rings is 1. The zero-order chi connectivity index (χ0) is 9.84. The monoisotopic (exact) mass is 183 g/mol. The number of aliphatic hydroxyl groups is 1. The highest BCUT2D eigenvalue weighted by Crippen LogP contribution is 2.07. The lowest BCUT2D eigenvalue weighted by atomic mass is 10.1. The number of carbonyl (C=O) groups is 1. The van der Waals surface area contributed by atoms with Crippen molar-refractivity contribution < 1.29 is 14.3 Å². The molecule has 0 amide bonds. The van der Waals surface area contributed by atoms with Gasteiger partial charge in [0.15, 0.2) is 0 Å². The molecule has 0 fully saturated rings. The van der Waals surface area contributed by atoms with E-state index >= 15 is 0 Å². The molecule has 0 aliphatic carbocycles. The van der Waals surface area contributed by atoms with Gasteiger partial charge in [-0.05, 0) is 11.6 Å². The molecular formula is C9H10FNO2. The number of alkyl halides is 1. The third-order valence-corrected chi connectivity index (χ3v) is 1.66. The van der Waals surface area contributed by atoms with E-state index in [1.54, 1.807) is 12.1 Å². The molecule has 4 heteroatoms. The molecule has 1 rings (SSSR count). The number of nitrogens with two attached hydrogens (primary N) is 1. The Morgan fingerprint density at radius 3 is 2.85 bits per heavy atom. The van der Waals surface area contributed by atoms with Gasteiger partial charge in [-0.15, -0.1) is 0 Å². The van der Waals surface area contributed by atoms with E-state index in [-0.39, 0.29) is 12.1 Å². The van der Waals surface area contributed by atoms with Gasteiger partial charge in [-0.2, -0.15) is 0 Å². The summed E-state index contributed by atoms with van der Waals surface area (Å²) in [6.45, 7) is 0.281. The maximum Gasteiger partial charge on any atom is 0.260 e. The molecule has 70 valence electrons. The summed E-state index contributed by atoms with van der Waals surface area (Å²) in [5, 5.41) is 8.39. The van der Waals surface area contributed by atoms with Gasteiger partial charge in [-0.1, -0.05) is 18.2 Å². The summed E-state index contributed by atoms with van der Waals surface area (Å²) in [6, 6.07) is 6.22. The van der Waals surface area contributed by atoms with E-state index in [9.17, 15) is 9.18 Å². The van der Waals surface area contributed by atoms with Gasteiger partial charge in [0.1, 0.15) is 0 Å². The molecule has 13 heavy (non-hydrogen) atoms. The van der Waals surface area contributed by atoms with Crippen LogP contribution in [-0.2, 0) is 6.54 Å². The topological polar surface area (TPSA) is 63.3 Å². The Bertz CT molecular complexity index is 312. The van der Waals surface area contributed by atoms with Crippen LogP contribution in [0, 0.1) is 0 Å². The summed E-state index contributed by atoms with van der Waals surface area (Å²) >= 11 is 0. The molecule has 1 aromatic carbocycles. The van der Waals surface area contributed by atoms with Crippen LogP contribution in [0.3, 0.4) is 0 Å². The molecule has 1 unspecified atom stereocenters. The van der Waals surface area contributed by atoms with Crippen molar-refractivity contribution in [2.75, 3.05) is 0 Å². The normalized spacial score (nSPS) is 12.5. The second kappa shape index (κ2) is 4.11. The molecule has 0 aliphatic rings. The molecule has 0 aliphatic heterocycles. The van der Waals surface area contributed by atoms with Crippen molar-refractivity contribution in [1.82, 2.24) is 0 Å². The lowest BCUT2D eigenvalue weighted by Crippen LogP contribution is -2.14. The largest absolute Gasteiger partial charge is 0.358 e. The standard InChI is InChI=1S/C9H10FNO2/c10-9(13)8(12)7-3-1-2-6(4-7)5-11/h1-4,9,13H,5,11H2. The van der Waals surface area contributed by atoms with Crippen LogP contribution in [0.15, 0.2) is 24.3 Å². The van der Waals surface area contributed by atoms with Gasteiger partial charge in [-0.25, -0.2) is 4.39 Å². The van der Waals surface area contributed by atoms with Gasteiger partial charge in [0, 0.05) is 12.1 Å². The first-order chi connectivity index (χ1) is 6.15. The second-order valence-corrected chi connectivity index (χ2v) is 2.60. The highest BCUT2D eigenvalue weighted by Gasteiger charge is 2.15. The molecule has 0 bridgehead atoms. The van der Waals surface area contributed by atoms with E-state index in [1.807, 2.05) is 0 Å². The summed E-state index contributed by atoms with van der Waals surface area (Å²) in [4.78, 5) is 10.9. The number of rotatable bonds is 3. The van der Waals surface area contributed by atoms with Crippen LogP contribution in [0.25, 0.3) is 0 Å². The Balaban J connectivity index is 2.95. The SMILES string of the molecule is NCc1cccc(C(=O)C(O)F)c1. The van der Waals surface area contributed by atoms with Crippen LogP contribution in [0.5, 0.6) is 0 Å². The Kier molecular flexibility index (Phi) is 3.11. The summed E-state index contributed by atoms with van der Waals surface area (Å²) in [5.41, 5.74) is 6.19. The Hall–Kier alpha value is -1.26. The molecule has 3 N–H and O–H groups in total. The number of halogens is 1. The van der Waals surface area contributed by atoms with Gasteiger partial charge in [-0.3, -0.25) is 4.79 Å². The van der Waals surface area contributed by atoms with E-state index in [0.717, 1.165) is 5.56 Å². The van der Waals surface area contributed by atoms with Crippen molar-refractivity contribution in [1.29, 1.82) is 0 Å². The Morgan fingerprint density at radius 2 is 2.31 bits per heavy atom. The lowest BCUT2D eigenvalue weighted by molar-refractivity contribution is 0.0332. The first-order valence-electron chi connectivity index (χ1n) is 3.80. The summed E-state index contributed by atoms with van der Waals surface area (Å²) in [7, 11) is 0. The predicted octanol–water partition coefficient (Wildman–Crippen LogP) is 0.616. The van der Waals surface area contributed by atoms with Crippen LogP contribution in [0.4, 0.5) is 4.39 Å². The molecule has 1 atom stereocenters. The lowest BCUT2D eigenvalue weighted by Gasteiger charge is -2.02. The Labute approximate surface area is 75.0 Å². The predicted molar refractivity (Wildman–Crippen MR) is 45.8 cm³/mol. The number of ketones is 1. The zero-order valence-corrected chi connectivity index (χ0v) is 6.90. The first-order valence-corrected chi connectivity index (χ1v) is 3.80. The first kappa shape index (κ1) is 9.83. The van der Waals surface area contributed by atoms with Gasteiger partial charge < -0.3 is 10.8 Å². The second-order valence-electron chi connectivity index (χ2n) is 2.60. The number of aliphatic hydroxyl groups excluding tert-OH is 1. The van der Waals surface area contributed by atoms with E-state index in [0.29, 0.717) is 0 Å². The van der Waals surface area contributed by atoms with Crippen molar-refractivity contribution in [3.05, 3.63) is 35.4 Å². The van der Waals surface area contributed by atoms with Crippen molar-refractivity contribution >= 4 is 5.78 Å². The highest BCUT2D eigenvalue weighted by atomic mass is 19.1. The minimum absolute atomic E-state index is 0.137. The molecule has 0 saturated heterocycles. The van der Waals surface area contributed by atoms with Crippen molar-refractivity contribution in [3.63, 3.8) is 0 Å². The summed E-state index contributed by atoms with van der Waals surface area (Å²) in [5.74, 6) is -0.935.